The van der Waals surface area contributed by atoms with E-state index in [9.17, 15) is 18.0 Å². The minimum atomic E-state index is -0.658. The Balaban J connectivity index is 1.18. The van der Waals surface area contributed by atoms with Crippen molar-refractivity contribution in [1.29, 1.82) is 0 Å². The van der Waals surface area contributed by atoms with Gasteiger partial charge < -0.3 is 4.57 Å². The van der Waals surface area contributed by atoms with Crippen molar-refractivity contribution in [2.24, 2.45) is 15.9 Å². The van der Waals surface area contributed by atoms with Gasteiger partial charge in [0.2, 0.25) is 5.91 Å². The van der Waals surface area contributed by atoms with Crippen LogP contribution in [0.3, 0.4) is 0 Å². The maximum absolute atomic E-state index is 13.7. The normalized spacial score (nSPS) is 28.6. The molecule has 0 radical (unpaired) electrons. The van der Waals surface area contributed by atoms with E-state index in [2.05, 4.69) is 9.67 Å². The first-order valence-corrected chi connectivity index (χ1v) is 10.4. The van der Waals surface area contributed by atoms with Crippen LogP contribution in [-0.2, 0) is 11.3 Å². The Kier molecular flexibility index (Phi) is 3.74. The molecule has 2 aromatic carbocycles. The lowest BCUT2D eigenvalue weighted by Crippen LogP contribution is -2.68. The van der Waals surface area contributed by atoms with Crippen LogP contribution in [0.2, 0.25) is 0 Å². The van der Waals surface area contributed by atoms with E-state index >= 15 is 0 Å². The number of hydrogen-bond acceptors (Lipinski definition) is 2. The van der Waals surface area contributed by atoms with Gasteiger partial charge in [-0.15, -0.1) is 0 Å². The van der Waals surface area contributed by atoms with Crippen molar-refractivity contribution >= 4 is 23.0 Å². The number of hydrogen-bond donors (Lipinski definition) is 0. The van der Waals surface area contributed by atoms with Crippen molar-refractivity contribution in [3.05, 3.63) is 71.7 Å². The number of fused-ring (bicyclic) bond motifs is 1. The molecule has 7 rings (SSSR count). The summed E-state index contributed by atoms with van der Waals surface area (Å²) in [6.45, 7) is 0.747. The zero-order valence-corrected chi connectivity index (χ0v) is 16.7. The third-order valence-corrected chi connectivity index (χ3v) is 7.14. The van der Waals surface area contributed by atoms with E-state index in [0.717, 1.165) is 42.8 Å². The first-order chi connectivity index (χ1) is 14.9. The summed E-state index contributed by atoms with van der Waals surface area (Å²) in [6.07, 6.45) is 6.31. The topological polar surface area (TPSA) is 37.6 Å². The molecular weight excluding hydrogens is 403 g/mol. The molecule has 158 valence electrons. The van der Waals surface area contributed by atoms with Gasteiger partial charge >= 0.3 is 0 Å². The molecule has 1 amide bonds. The Morgan fingerprint density at radius 3 is 2.48 bits per heavy atom. The maximum atomic E-state index is 13.7. The van der Waals surface area contributed by atoms with Gasteiger partial charge in [-0.1, -0.05) is 0 Å². The van der Waals surface area contributed by atoms with Gasteiger partial charge in [0, 0.05) is 31.4 Å². The zero-order valence-electron chi connectivity index (χ0n) is 16.7. The minimum absolute atomic E-state index is 0.0395. The van der Waals surface area contributed by atoms with Crippen molar-refractivity contribution in [3.63, 3.8) is 0 Å². The molecular formula is C24H20F3N3O. The van der Waals surface area contributed by atoms with Crippen LogP contribution in [0.4, 0.5) is 13.2 Å². The van der Waals surface area contributed by atoms with E-state index in [1.807, 2.05) is 12.3 Å². The number of aromatic nitrogens is 1. The highest BCUT2D eigenvalue weighted by Crippen LogP contribution is 2.74. The Hall–Kier alpha value is -3.09. The van der Waals surface area contributed by atoms with Gasteiger partial charge in [-0.05, 0) is 72.0 Å². The van der Waals surface area contributed by atoms with Crippen molar-refractivity contribution in [3.8, 4) is 0 Å². The molecule has 3 aromatic rings. The van der Waals surface area contributed by atoms with E-state index in [4.69, 9.17) is 0 Å². The highest BCUT2D eigenvalue weighted by atomic mass is 19.1. The predicted molar refractivity (Wildman–Crippen MR) is 110 cm³/mol. The Bertz CT molecular complexity index is 1220. The SMILES string of the molecule is O=C(N1N=CCC1c1cc(F)cc(F)c1)C12CC(Cn3ccc4ccc(F)cc43)(C1)C2. The molecule has 3 fully saturated rings. The number of halogens is 3. The number of nitrogens with zero attached hydrogens (tertiary/aromatic N) is 3. The summed E-state index contributed by atoms with van der Waals surface area (Å²) in [7, 11) is 0. The van der Waals surface area contributed by atoms with Gasteiger partial charge in [0.15, 0.2) is 0 Å². The van der Waals surface area contributed by atoms with Crippen LogP contribution < -0.4 is 0 Å². The summed E-state index contributed by atoms with van der Waals surface area (Å²) < 4.78 is 43.1. The van der Waals surface area contributed by atoms with Gasteiger partial charge in [0.05, 0.1) is 17.0 Å². The summed E-state index contributed by atoms with van der Waals surface area (Å²) in [5, 5.41) is 6.65. The number of carbonyl (C=O) groups is 1. The number of rotatable bonds is 4. The number of benzene rings is 2. The van der Waals surface area contributed by atoms with Gasteiger partial charge in [0.25, 0.3) is 0 Å². The maximum Gasteiger partial charge on any atom is 0.249 e. The molecule has 7 heteroatoms. The summed E-state index contributed by atoms with van der Waals surface area (Å²) in [6, 6.07) is 9.64. The molecule has 3 aliphatic carbocycles. The second kappa shape index (κ2) is 6.22. The predicted octanol–water partition coefficient (Wildman–Crippen LogP) is 5.19. The summed E-state index contributed by atoms with van der Waals surface area (Å²) >= 11 is 0. The van der Waals surface area contributed by atoms with Gasteiger partial charge in [-0.3, -0.25) is 4.79 Å². The number of carbonyl (C=O) groups excluding carboxylic acids is 1. The van der Waals surface area contributed by atoms with E-state index in [1.165, 1.54) is 23.2 Å². The molecule has 31 heavy (non-hydrogen) atoms. The molecule has 1 aromatic heterocycles. The first kappa shape index (κ1) is 18.7. The zero-order chi connectivity index (χ0) is 21.4. The molecule has 1 aliphatic heterocycles. The average Bonchev–Trinajstić information content (AvgIpc) is 3.29. The van der Waals surface area contributed by atoms with E-state index in [0.29, 0.717) is 12.0 Å². The number of amides is 1. The monoisotopic (exact) mass is 423 g/mol. The fraction of sp³-hybridized carbons (Fsp3) is 0.333. The third-order valence-electron chi connectivity index (χ3n) is 7.14. The van der Waals surface area contributed by atoms with Crippen molar-refractivity contribution < 1.29 is 18.0 Å². The Labute approximate surface area is 177 Å². The van der Waals surface area contributed by atoms with Gasteiger partial charge in [0.1, 0.15) is 17.5 Å². The molecule has 2 bridgehead atoms. The molecule has 1 atom stereocenters. The van der Waals surface area contributed by atoms with Crippen LogP contribution in [0.1, 0.15) is 37.3 Å². The minimum Gasteiger partial charge on any atom is -0.347 e. The molecule has 0 N–H and O–H groups in total. The van der Waals surface area contributed by atoms with Crippen LogP contribution in [0.5, 0.6) is 0 Å². The van der Waals surface area contributed by atoms with E-state index < -0.39 is 23.1 Å². The lowest BCUT2D eigenvalue weighted by molar-refractivity contribution is -0.222. The molecule has 4 aliphatic rings. The van der Waals surface area contributed by atoms with Crippen LogP contribution >= 0.6 is 0 Å². The smallest absolute Gasteiger partial charge is 0.249 e. The lowest BCUT2D eigenvalue weighted by Gasteiger charge is -2.70. The molecule has 2 heterocycles. The highest BCUT2D eigenvalue weighted by Gasteiger charge is 2.72. The number of hydrazone groups is 1. The third kappa shape index (κ3) is 2.75. The quantitative estimate of drug-likeness (QED) is 0.569. The largest absolute Gasteiger partial charge is 0.347 e. The fourth-order valence-corrected chi connectivity index (χ4v) is 5.95. The second-order valence-corrected chi connectivity index (χ2v) is 9.36. The fourth-order valence-electron chi connectivity index (χ4n) is 5.95. The van der Waals surface area contributed by atoms with Crippen LogP contribution in [0.25, 0.3) is 10.9 Å². The average molecular weight is 423 g/mol. The van der Waals surface area contributed by atoms with Gasteiger partial charge in [-0.2, -0.15) is 5.10 Å². The molecule has 1 unspecified atom stereocenters. The molecule has 4 nitrogen and oxygen atoms in total. The van der Waals surface area contributed by atoms with Crippen molar-refractivity contribution in [1.82, 2.24) is 9.58 Å². The molecule has 3 saturated carbocycles. The Morgan fingerprint density at radius 1 is 1.00 bits per heavy atom. The lowest BCUT2D eigenvalue weighted by atomic mass is 9.34. The summed E-state index contributed by atoms with van der Waals surface area (Å²) in [4.78, 5) is 13.3. The van der Waals surface area contributed by atoms with Crippen molar-refractivity contribution in [2.45, 2.75) is 38.3 Å². The van der Waals surface area contributed by atoms with Crippen molar-refractivity contribution in [2.75, 3.05) is 0 Å². The van der Waals surface area contributed by atoms with Crippen LogP contribution in [0.15, 0.2) is 53.8 Å². The second-order valence-electron chi connectivity index (χ2n) is 9.36. The highest BCUT2D eigenvalue weighted by molar-refractivity contribution is 5.88. The summed E-state index contributed by atoms with van der Waals surface area (Å²) in [5.41, 5.74) is 0.880. The standard InChI is InChI=1S/C24H20F3N3O/c25-17-2-1-15-4-6-29(21(15)10-17)14-23-11-24(12-23,13-23)22(31)30-20(3-5-28-30)16-7-18(26)9-19(27)8-16/h1-2,4-10,20H,3,11-14H2. The van der Waals surface area contributed by atoms with Crippen LogP contribution in [0, 0.1) is 28.3 Å². The molecule has 0 saturated heterocycles. The Morgan fingerprint density at radius 2 is 1.74 bits per heavy atom. The van der Waals surface area contributed by atoms with Crippen LogP contribution in [-0.4, -0.2) is 21.7 Å². The van der Waals surface area contributed by atoms with E-state index in [1.54, 1.807) is 18.3 Å². The summed E-state index contributed by atoms with van der Waals surface area (Å²) in [5.74, 6) is -1.65. The first-order valence-electron chi connectivity index (χ1n) is 10.4. The van der Waals surface area contributed by atoms with Gasteiger partial charge in [-0.25, -0.2) is 18.2 Å². The molecule has 0 spiro atoms. The van der Waals surface area contributed by atoms with E-state index in [-0.39, 0.29) is 17.1 Å².